The van der Waals surface area contributed by atoms with Crippen LogP contribution in [0.5, 0.6) is 0 Å². The lowest BCUT2D eigenvalue weighted by molar-refractivity contribution is -0.355. The van der Waals surface area contributed by atoms with Crippen LogP contribution in [0.15, 0.2) is 13.9 Å². The van der Waals surface area contributed by atoms with E-state index in [1.54, 1.807) is 4.57 Å². The van der Waals surface area contributed by atoms with Gasteiger partial charge in [-0.15, -0.1) is 0 Å². The minimum atomic E-state index is -0.0185. The molecule has 0 fully saturated rings. The average molecular weight is 390 g/mol. The standard InChI is InChI=1S/C11H11Br2N5O/c12-6-5-7(17-11(14)15)4-2-1-3-18(4)10(19)8(5)16-9(6)13/h16H,1-3H2,(H4,14,15,17)/p+1. The van der Waals surface area contributed by atoms with E-state index in [9.17, 15) is 4.79 Å². The van der Waals surface area contributed by atoms with Gasteiger partial charge in [-0.25, -0.2) is 4.99 Å². The number of guanidine groups is 1. The molecule has 0 saturated heterocycles. The van der Waals surface area contributed by atoms with Crippen LogP contribution in [0.2, 0.25) is 0 Å². The fraction of sp³-hybridized carbons (Fsp3) is 0.273. The normalized spacial score (nSPS) is 13.8. The van der Waals surface area contributed by atoms with Gasteiger partial charge in [0.05, 0.1) is 20.2 Å². The molecule has 2 aromatic rings. The van der Waals surface area contributed by atoms with Gasteiger partial charge in [0.25, 0.3) is 5.56 Å². The third-order valence-corrected chi connectivity index (χ3v) is 5.20. The van der Waals surface area contributed by atoms with Crippen LogP contribution in [0, 0.1) is 0 Å². The highest BCUT2D eigenvalue weighted by Crippen LogP contribution is 2.35. The number of hydrogen-bond acceptors (Lipinski definition) is 1. The molecule has 100 valence electrons. The van der Waals surface area contributed by atoms with Crippen molar-refractivity contribution < 1.29 is 4.99 Å². The third kappa shape index (κ3) is 1.81. The molecule has 1 aliphatic heterocycles. The lowest BCUT2D eigenvalue weighted by Crippen LogP contribution is -2.73. The van der Waals surface area contributed by atoms with E-state index in [1.165, 1.54) is 0 Å². The Bertz CT molecular complexity index is 770. The second kappa shape index (κ2) is 4.38. The van der Waals surface area contributed by atoms with E-state index >= 15 is 0 Å². The molecule has 6 N–H and O–H groups in total. The van der Waals surface area contributed by atoms with Crippen molar-refractivity contribution in [3.63, 3.8) is 0 Å². The Labute approximate surface area is 125 Å². The second-order valence-electron chi connectivity index (χ2n) is 4.47. The van der Waals surface area contributed by atoms with Crippen LogP contribution in [-0.2, 0) is 13.0 Å². The predicted molar refractivity (Wildman–Crippen MR) is 80.3 cm³/mol. The van der Waals surface area contributed by atoms with Gasteiger partial charge in [0, 0.05) is 6.54 Å². The summed E-state index contributed by atoms with van der Waals surface area (Å²) in [5.74, 6) is 0.110. The largest absolute Gasteiger partial charge is 0.344 e. The summed E-state index contributed by atoms with van der Waals surface area (Å²) in [7, 11) is 0. The van der Waals surface area contributed by atoms with Crippen molar-refractivity contribution in [2.24, 2.45) is 11.5 Å². The maximum Gasteiger partial charge on any atom is 0.343 e. The van der Waals surface area contributed by atoms with Crippen LogP contribution in [-0.4, -0.2) is 15.5 Å². The first-order valence-electron chi connectivity index (χ1n) is 5.78. The Morgan fingerprint density at radius 2 is 2.11 bits per heavy atom. The van der Waals surface area contributed by atoms with Gasteiger partial charge in [0.15, 0.2) is 0 Å². The third-order valence-electron chi connectivity index (χ3n) is 3.28. The highest BCUT2D eigenvalue weighted by atomic mass is 79.9. The Balaban J connectivity index is 2.54. The van der Waals surface area contributed by atoms with Crippen molar-refractivity contribution >= 4 is 54.4 Å². The number of aromatic amines is 1. The zero-order valence-electron chi connectivity index (χ0n) is 9.89. The molecular weight excluding hydrogens is 378 g/mol. The first kappa shape index (κ1) is 12.7. The highest BCUT2D eigenvalue weighted by Gasteiger charge is 2.25. The van der Waals surface area contributed by atoms with E-state index < -0.39 is 0 Å². The van der Waals surface area contributed by atoms with E-state index in [-0.39, 0.29) is 11.5 Å². The summed E-state index contributed by atoms with van der Waals surface area (Å²) < 4.78 is 3.28. The second-order valence-corrected chi connectivity index (χ2v) is 6.05. The summed E-state index contributed by atoms with van der Waals surface area (Å²) >= 11 is 6.86. The maximum atomic E-state index is 12.4. The molecule has 0 amide bonds. The van der Waals surface area contributed by atoms with Crippen LogP contribution >= 0.6 is 31.9 Å². The van der Waals surface area contributed by atoms with Crippen LogP contribution < -0.4 is 22.0 Å². The molecule has 0 radical (unpaired) electrons. The van der Waals surface area contributed by atoms with E-state index in [0.29, 0.717) is 5.52 Å². The minimum Gasteiger partial charge on any atom is -0.344 e. The molecular formula is C11H12Br2N5O+. The molecule has 19 heavy (non-hydrogen) atoms. The number of nitrogens with one attached hydrogen (secondary N) is 2. The first-order chi connectivity index (χ1) is 9.00. The average Bonchev–Trinajstić information content (AvgIpc) is 2.92. The van der Waals surface area contributed by atoms with Gasteiger partial charge in [0.1, 0.15) is 11.2 Å². The van der Waals surface area contributed by atoms with Gasteiger partial charge in [-0.3, -0.25) is 16.3 Å². The van der Waals surface area contributed by atoms with Gasteiger partial charge in [-0.1, -0.05) is 0 Å². The molecule has 0 atom stereocenters. The summed E-state index contributed by atoms with van der Waals surface area (Å²) in [5, 5.41) is 0.776. The molecule has 0 saturated carbocycles. The molecule has 3 heterocycles. The van der Waals surface area contributed by atoms with Crippen molar-refractivity contribution in [1.82, 2.24) is 9.55 Å². The predicted octanol–water partition coefficient (Wildman–Crippen LogP) is -0.214. The van der Waals surface area contributed by atoms with Crippen molar-refractivity contribution in [2.45, 2.75) is 19.4 Å². The summed E-state index contributed by atoms with van der Waals surface area (Å²) in [6.07, 6.45) is 1.77. The molecule has 0 spiro atoms. The maximum absolute atomic E-state index is 12.4. The fourth-order valence-electron chi connectivity index (χ4n) is 2.56. The van der Waals surface area contributed by atoms with E-state index in [4.69, 9.17) is 11.5 Å². The molecule has 0 aliphatic carbocycles. The lowest BCUT2D eigenvalue weighted by atomic mass is 10.2. The SMILES string of the molecule is NC(N)=[NH+]c1c2n(c(=O)c3[nH]c(Br)c(Br)c13)CCC2. The Morgan fingerprint density at radius 3 is 2.79 bits per heavy atom. The van der Waals surface area contributed by atoms with Crippen LogP contribution in [0.25, 0.3) is 10.9 Å². The fourth-order valence-corrected chi connectivity index (χ4v) is 3.45. The highest BCUT2D eigenvalue weighted by molar-refractivity contribution is 9.13. The zero-order valence-corrected chi connectivity index (χ0v) is 13.1. The minimum absolute atomic E-state index is 0.0185. The first-order valence-corrected chi connectivity index (χ1v) is 7.36. The number of H-pyrrole nitrogens is 1. The monoisotopic (exact) mass is 388 g/mol. The Kier molecular flexibility index (Phi) is 2.94. The van der Waals surface area contributed by atoms with Crippen LogP contribution in [0.1, 0.15) is 12.1 Å². The number of halogens is 2. The number of aromatic nitrogens is 2. The van der Waals surface area contributed by atoms with Gasteiger partial charge < -0.3 is 9.55 Å². The number of rotatable bonds is 1. The molecule has 0 aromatic carbocycles. The van der Waals surface area contributed by atoms with Gasteiger partial charge >= 0.3 is 5.96 Å². The van der Waals surface area contributed by atoms with Crippen molar-refractivity contribution in [3.8, 4) is 0 Å². The van der Waals surface area contributed by atoms with Crippen molar-refractivity contribution in [3.05, 3.63) is 25.1 Å². The number of pyridine rings is 1. The molecule has 0 bridgehead atoms. The van der Waals surface area contributed by atoms with Crippen molar-refractivity contribution in [2.75, 3.05) is 0 Å². The molecule has 3 rings (SSSR count). The number of nitrogens with zero attached hydrogens (tertiary/aromatic N) is 1. The molecule has 6 nitrogen and oxygen atoms in total. The van der Waals surface area contributed by atoms with Crippen LogP contribution in [0.4, 0.5) is 5.69 Å². The quantitative estimate of drug-likeness (QED) is 0.400. The smallest absolute Gasteiger partial charge is 0.343 e. The molecule has 2 aromatic heterocycles. The van der Waals surface area contributed by atoms with Crippen molar-refractivity contribution in [1.29, 1.82) is 0 Å². The molecule has 1 aliphatic rings. The lowest BCUT2D eigenvalue weighted by Gasteiger charge is -2.07. The summed E-state index contributed by atoms with van der Waals surface area (Å²) in [5.41, 5.74) is 13.4. The topological polar surface area (TPSA) is 104 Å². The van der Waals surface area contributed by atoms with Gasteiger partial charge in [-0.2, -0.15) is 0 Å². The molecule has 0 unspecified atom stereocenters. The van der Waals surface area contributed by atoms with E-state index in [2.05, 4.69) is 41.8 Å². The Hall–Kier alpha value is -1.28. The van der Waals surface area contributed by atoms with Gasteiger partial charge in [-0.05, 0) is 44.7 Å². The van der Waals surface area contributed by atoms with E-state index in [0.717, 1.165) is 45.2 Å². The number of hydrogen-bond donors (Lipinski definition) is 4. The number of fused-ring (bicyclic) bond motifs is 2. The number of nitrogens with two attached hydrogens (primary N) is 2. The summed E-state index contributed by atoms with van der Waals surface area (Å²) in [6, 6.07) is 0. The van der Waals surface area contributed by atoms with Crippen LogP contribution in [0.3, 0.4) is 0 Å². The zero-order chi connectivity index (χ0) is 13.7. The summed E-state index contributed by atoms with van der Waals surface area (Å²) in [6.45, 7) is 0.720. The Morgan fingerprint density at radius 1 is 1.37 bits per heavy atom. The summed E-state index contributed by atoms with van der Waals surface area (Å²) in [4.78, 5) is 18.4. The van der Waals surface area contributed by atoms with E-state index in [1.807, 2.05) is 0 Å². The van der Waals surface area contributed by atoms with Gasteiger partial charge in [0.2, 0.25) is 0 Å². The molecule has 8 heteroatoms.